The number of benzene rings is 3. The van der Waals surface area contributed by atoms with Crippen molar-refractivity contribution in [1.82, 2.24) is 9.78 Å². The molecule has 0 saturated carbocycles. The van der Waals surface area contributed by atoms with Crippen molar-refractivity contribution in [3.05, 3.63) is 121 Å². The number of H-pyrrole nitrogens is 1. The van der Waals surface area contributed by atoms with Gasteiger partial charge in [-0.05, 0) is 60.5 Å². The Kier molecular flexibility index (Phi) is 7.68. The van der Waals surface area contributed by atoms with E-state index in [2.05, 4.69) is 10.4 Å². The summed E-state index contributed by atoms with van der Waals surface area (Å²) in [6.07, 6.45) is 0.0743. The molecule has 0 fully saturated rings. The molecule has 192 valence electrons. The number of nitrogens with zero attached hydrogens (tertiary/aromatic N) is 1. The monoisotopic (exact) mass is 531 g/mol. The van der Waals surface area contributed by atoms with E-state index >= 15 is 0 Å². The van der Waals surface area contributed by atoms with Gasteiger partial charge in [-0.1, -0.05) is 41.9 Å². The van der Waals surface area contributed by atoms with E-state index in [0.29, 0.717) is 5.69 Å². The molecule has 0 aliphatic heterocycles. The van der Waals surface area contributed by atoms with E-state index in [1.54, 1.807) is 24.3 Å². The molecule has 0 radical (unpaired) electrons. The van der Waals surface area contributed by atoms with Crippen molar-refractivity contribution in [2.24, 2.45) is 0 Å². The Hall–Kier alpha value is -4.76. The predicted octanol–water partition coefficient (Wildman–Crippen LogP) is 4.18. The topological polar surface area (TPSA) is 138 Å². The van der Waals surface area contributed by atoms with Crippen LogP contribution in [-0.4, -0.2) is 32.5 Å². The number of nitrogens with one attached hydrogen (secondary N) is 2. The zero-order chi connectivity index (χ0) is 27.4. The third kappa shape index (κ3) is 5.79. The molecule has 0 bridgehead atoms. The van der Waals surface area contributed by atoms with Gasteiger partial charge in [-0.15, -0.1) is 0 Å². The van der Waals surface area contributed by atoms with Gasteiger partial charge in [-0.2, -0.15) is 0 Å². The Bertz CT molecular complexity index is 1640. The number of halogens is 1. The number of carboxylic acids is 1. The van der Waals surface area contributed by atoms with Gasteiger partial charge in [0.1, 0.15) is 6.04 Å². The number of carbonyl (C=O) groups excluding carboxylic acids is 2. The Morgan fingerprint density at radius 3 is 2.26 bits per heavy atom. The maximum atomic E-state index is 13.4. The normalized spacial score (nSPS) is 11.5. The summed E-state index contributed by atoms with van der Waals surface area (Å²) >= 11 is 6.09. The molecule has 0 aliphatic carbocycles. The first-order chi connectivity index (χ1) is 18.1. The minimum Gasteiger partial charge on any atom is -0.478 e. The lowest BCUT2D eigenvalue weighted by molar-refractivity contribution is -0.119. The molecule has 4 aromatic rings. The Morgan fingerprint density at radius 1 is 0.947 bits per heavy atom. The number of ketones is 1. The molecule has 9 nitrogen and oxygen atoms in total. The van der Waals surface area contributed by atoms with E-state index in [0.717, 1.165) is 16.3 Å². The van der Waals surface area contributed by atoms with Crippen molar-refractivity contribution < 1.29 is 19.5 Å². The number of hydrogen-bond donors (Lipinski definition) is 3. The fourth-order valence-electron chi connectivity index (χ4n) is 4.02. The Morgan fingerprint density at radius 2 is 1.63 bits per heavy atom. The van der Waals surface area contributed by atoms with Crippen molar-refractivity contribution in [2.45, 2.75) is 19.4 Å². The number of aromatic carboxylic acids is 1. The largest absolute Gasteiger partial charge is 0.478 e. The van der Waals surface area contributed by atoms with E-state index in [4.69, 9.17) is 16.7 Å². The molecule has 0 aliphatic rings. The number of carbonyl (C=O) groups is 3. The van der Waals surface area contributed by atoms with Crippen LogP contribution in [0.1, 0.15) is 39.2 Å². The van der Waals surface area contributed by atoms with Gasteiger partial charge in [0.2, 0.25) is 5.91 Å². The number of hydrogen-bond acceptors (Lipinski definition) is 5. The number of aromatic amines is 1. The average molecular weight is 532 g/mol. The average Bonchev–Trinajstić information content (AvgIpc) is 2.89. The van der Waals surface area contributed by atoms with Gasteiger partial charge >= 0.3 is 5.97 Å². The summed E-state index contributed by atoms with van der Waals surface area (Å²) in [4.78, 5) is 63.0. The summed E-state index contributed by atoms with van der Waals surface area (Å²) in [5.74, 6) is -2.02. The van der Waals surface area contributed by atoms with Crippen molar-refractivity contribution in [3.63, 3.8) is 0 Å². The molecular formula is C28H22ClN3O6. The molecule has 1 heterocycles. The first-order valence-corrected chi connectivity index (χ1v) is 11.9. The summed E-state index contributed by atoms with van der Waals surface area (Å²) in [6.45, 7) is 1.34. The van der Waals surface area contributed by atoms with E-state index in [-0.39, 0.29) is 39.5 Å². The van der Waals surface area contributed by atoms with Crippen molar-refractivity contribution in [1.29, 1.82) is 0 Å². The Balaban J connectivity index is 1.76. The molecule has 3 aromatic carbocycles. The predicted molar refractivity (Wildman–Crippen MR) is 143 cm³/mol. The smallest absolute Gasteiger partial charge is 0.335 e. The molecule has 38 heavy (non-hydrogen) atoms. The first-order valence-electron chi connectivity index (χ1n) is 11.5. The lowest BCUT2D eigenvalue weighted by atomic mass is 9.98. The van der Waals surface area contributed by atoms with Crippen LogP contribution in [0.4, 0.5) is 5.69 Å². The zero-order valence-corrected chi connectivity index (χ0v) is 20.9. The highest BCUT2D eigenvalue weighted by atomic mass is 35.5. The van der Waals surface area contributed by atoms with Crippen LogP contribution < -0.4 is 16.4 Å². The van der Waals surface area contributed by atoms with Gasteiger partial charge in [0.25, 0.3) is 11.1 Å². The van der Waals surface area contributed by atoms with E-state index < -0.39 is 29.0 Å². The van der Waals surface area contributed by atoms with Gasteiger partial charge in [0, 0.05) is 28.8 Å². The molecule has 0 spiro atoms. The number of amides is 1. The number of rotatable bonds is 8. The van der Waals surface area contributed by atoms with Gasteiger partial charge < -0.3 is 10.4 Å². The van der Waals surface area contributed by atoms with E-state index in [9.17, 15) is 24.0 Å². The standard InChI is InChI=1S/C28H22ClN3O6/c1-16(33)21-12-9-19(29)14-22(21)23-15-25(34)32(31-26(23)35)24(13-17-5-3-2-4-6-17)27(36)30-20-10-7-18(8-11-20)28(37)38/h2-12,14-15,24H,13H2,1H3,(H,30,36)(H,31,35)(H,37,38). The third-order valence-corrected chi connectivity index (χ3v) is 6.14. The summed E-state index contributed by atoms with van der Waals surface area (Å²) in [5, 5.41) is 14.5. The maximum absolute atomic E-state index is 13.4. The van der Waals surface area contributed by atoms with Crippen molar-refractivity contribution >= 4 is 34.9 Å². The number of carboxylic acid groups (broad SMARTS) is 1. The van der Waals surface area contributed by atoms with E-state index in [1.807, 2.05) is 6.07 Å². The van der Waals surface area contributed by atoms with Crippen LogP contribution in [0.15, 0.2) is 88.5 Å². The van der Waals surface area contributed by atoms with Crippen molar-refractivity contribution in [3.8, 4) is 11.1 Å². The minimum absolute atomic E-state index is 0.0471. The second-order valence-corrected chi connectivity index (χ2v) is 8.97. The fourth-order valence-corrected chi connectivity index (χ4v) is 4.19. The van der Waals surface area contributed by atoms with Gasteiger partial charge in [-0.3, -0.25) is 24.3 Å². The van der Waals surface area contributed by atoms with Crippen molar-refractivity contribution in [2.75, 3.05) is 5.32 Å². The number of aromatic nitrogens is 2. The second kappa shape index (κ2) is 11.1. The van der Waals surface area contributed by atoms with Gasteiger partial charge in [-0.25, -0.2) is 9.48 Å². The summed E-state index contributed by atoms with van der Waals surface area (Å²) < 4.78 is 0.942. The minimum atomic E-state index is -1.16. The first kappa shape index (κ1) is 26.3. The fraction of sp³-hybridized carbons (Fsp3) is 0.107. The number of Topliss-reactive ketones (excluding diaryl/α,β-unsaturated/α-hetero) is 1. The maximum Gasteiger partial charge on any atom is 0.335 e. The summed E-state index contributed by atoms with van der Waals surface area (Å²) in [7, 11) is 0. The van der Waals surface area contributed by atoms with Crippen LogP contribution in [0.5, 0.6) is 0 Å². The molecule has 3 N–H and O–H groups in total. The molecule has 1 aromatic heterocycles. The summed E-state index contributed by atoms with van der Waals surface area (Å²) in [5.41, 5.74) is 0.110. The van der Waals surface area contributed by atoms with Crippen LogP contribution in [0.25, 0.3) is 11.1 Å². The van der Waals surface area contributed by atoms with Crippen LogP contribution in [0.2, 0.25) is 5.02 Å². The quantitative estimate of drug-likeness (QED) is 0.292. The molecule has 1 amide bonds. The molecule has 1 atom stereocenters. The third-order valence-electron chi connectivity index (χ3n) is 5.91. The number of anilines is 1. The molecule has 1 unspecified atom stereocenters. The lowest BCUT2D eigenvalue weighted by Gasteiger charge is -2.20. The lowest BCUT2D eigenvalue weighted by Crippen LogP contribution is -2.39. The van der Waals surface area contributed by atoms with Crippen LogP contribution >= 0.6 is 11.6 Å². The SMILES string of the molecule is CC(=O)c1ccc(Cl)cc1-c1cc(=O)n(C(Cc2ccccc2)C(=O)Nc2ccc(C(=O)O)cc2)[nH]c1=O. The van der Waals surface area contributed by atoms with Crippen LogP contribution in [0, 0.1) is 0 Å². The highest BCUT2D eigenvalue weighted by Crippen LogP contribution is 2.25. The highest BCUT2D eigenvalue weighted by Gasteiger charge is 2.25. The van der Waals surface area contributed by atoms with Gasteiger partial charge in [0.15, 0.2) is 5.78 Å². The summed E-state index contributed by atoms with van der Waals surface area (Å²) in [6, 6.07) is 18.8. The highest BCUT2D eigenvalue weighted by molar-refractivity contribution is 6.31. The van der Waals surface area contributed by atoms with E-state index in [1.165, 1.54) is 49.4 Å². The van der Waals surface area contributed by atoms with Crippen LogP contribution in [0.3, 0.4) is 0 Å². The zero-order valence-electron chi connectivity index (χ0n) is 20.1. The molecule has 10 heteroatoms. The molecular weight excluding hydrogens is 510 g/mol. The second-order valence-electron chi connectivity index (χ2n) is 8.53. The molecule has 0 saturated heterocycles. The molecule has 4 rings (SSSR count). The van der Waals surface area contributed by atoms with Gasteiger partial charge in [0.05, 0.1) is 11.1 Å². The Labute approximate surface area is 221 Å². The van der Waals surface area contributed by atoms with Crippen LogP contribution in [-0.2, 0) is 11.2 Å².